The van der Waals surface area contributed by atoms with E-state index in [-0.39, 0.29) is 6.09 Å². The Balaban J connectivity index is 3.10. The second kappa shape index (κ2) is 10.4. The zero-order valence-electron chi connectivity index (χ0n) is 9.34. The van der Waals surface area contributed by atoms with Crippen LogP contribution in [0, 0.1) is 6.54 Å². The van der Waals surface area contributed by atoms with Gasteiger partial charge in [-0.2, -0.15) is 0 Å². The SMILES string of the molecule is CCCCC[CH]NC(=O)OCCCC. The highest BCUT2D eigenvalue weighted by Crippen LogP contribution is 1.99. The monoisotopic (exact) mass is 200 g/mol. The van der Waals surface area contributed by atoms with Crippen molar-refractivity contribution < 1.29 is 9.53 Å². The fraction of sp³-hybridized carbons (Fsp3) is 0.818. The Morgan fingerprint density at radius 3 is 2.57 bits per heavy atom. The van der Waals surface area contributed by atoms with Crippen LogP contribution in [0.25, 0.3) is 0 Å². The molecule has 0 aliphatic rings. The molecule has 0 atom stereocenters. The van der Waals surface area contributed by atoms with Crippen LogP contribution in [-0.4, -0.2) is 12.7 Å². The van der Waals surface area contributed by atoms with Crippen molar-refractivity contribution in [1.82, 2.24) is 5.32 Å². The lowest BCUT2D eigenvalue weighted by molar-refractivity contribution is 0.146. The summed E-state index contributed by atoms with van der Waals surface area (Å²) in [5.74, 6) is 0. The van der Waals surface area contributed by atoms with Gasteiger partial charge in [0.05, 0.1) is 13.2 Å². The van der Waals surface area contributed by atoms with Gasteiger partial charge in [0.15, 0.2) is 0 Å². The molecule has 0 bridgehead atoms. The average molecular weight is 200 g/mol. The summed E-state index contributed by atoms with van der Waals surface area (Å²) in [7, 11) is 0. The summed E-state index contributed by atoms with van der Waals surface area (Å²) in [5, 5.41) is 2.61. The molecular formula is C11H22NO2. The molecule has 0 unspecified atom stereocenters. The van der Waals surface area contributed by atoms with Crippen LogP contribution < -0.4 is 5.32 Å². The van der Waals surface area contributed by atoms with E-state index in [9.17, 15) is 4.79 Å². The molecular weight excluding hydrogens is 178 g/mol. The number of carbonyl (C=O) groups excluding carboxylic acids is 1. The number of hydrogen-bond acceptors (Lipinski definition) is 2. The zero-order chi connectivity index (χ0) is 10.6. The van der Waals surface area contributed by atoms with Crippen LogP contribution in [0.3, 0.4) is 0 Å². The van der Waals surface area contributed by atoms with Gasteiger partial charge in [-0.05, 0) is 12.8 Å². The standard InChI is InChI=1S/C11H22NO2/c1-3-5-7-8-9-12-11(13)14-10-6-4-2/h9H,3-8,10H2,1-2H3,(H,12,13). The number of alkyl carbamates (subject to hydrolysis) is 1. The zero-order valence-corrected chi connectivity index (χ0v) is 9.34. The molecule has 0 aromatic carbocycles. The Morgan fingerprint density at radius 1 is 1.21 bits per heavy atom. The molecule has 3 nitrogen and oxygen atoms in total. The smallest absolute Gasteiger partial charge is 0.407 e. The first-order chi connectivity index (χ1) is 6.81. The van der Waals surface area contributed by atoms with E-state index < -0.39 is 0 Å². The largest absolute Gasteiger partial charge is 0.450 e. The number of rotatable bonds is 8. The third kappa shape index (κ3) is 9.36. The third-order valence-electron chi connectivity index (χ3n) is 1.90. The van der Waals surface area contributed by atoms with Gasteiger partial charge in [0.2, 0.25) is 0 Å². The van der Waals surface area contributed by atoms with E-state index >= 15 is 0 Å². The first kappa shape index (κ1) is 13.3. The van der Waals surface area contributed by atoms with E-state index in [0.29, 0.717) is 6.61 Å². The summed E-state index contributed by atoms with van der Waals surface area (Å²) in [6.07, 6.45) is 6.13. The molecule has 0 aliphatic heterocycles. The molecule has 3 heteroatoms. The van der Waals surface area contributed by atoms with Gasteiger partial charge in [-0.15, -0.1) is 0 Å². The van der Waals surface area contributed by atoms with Crippen molar-refractivity contribution in [2.45, 2.75) is 52.4 Å². The fourth-order valence-electron chi connectivity index (χ4n) is 1.00. The molecule has 1 amide bonds. The van der Waals surface area contributed by atoms with Gasteiger partial charge in [0.1, 0.15) is 0 Å². The van der Waals surface area contributed by atoms with Gasteiger partial charge >= 0.3 is 6.09 Å². The summed E-state index contributed by atoms with van der Waals surface area (Å²) in [6.45, 7) is 6.53. The minimum absolute atomic E-state index is 0.324. The molecule has 83 valence electrons. The molecule has 0 spiro atoms. The fourth-order valence-corrected chi connectivity index (χ4v) is 1.00. The van der Waals surface area contributed by atoms with E-state index in [1.165, 1.54) is 12.8 Å². The van der Waals surface area contributed by atoms with Crippen molar-refractivity contribution in [1.29, 1.82) is 0 Å². The first-order valence-corrected chi connectivity index (χ1v) is 5.56. The lowest BCUT2D eigenvalue weighted by Gasteiger charge is -2.05. The molecule has 0 heterocycles. The highest BCUT2D eigenvalue weighted by Gasteiger charge is 1.99. The molecule has 0 saturated carbocycles. The minimum Gasteiger partial charge on any atom is -0.450 e. The Labute approximate surface area is 87.2 Å². The van der Waals surface area contributed by atoms with Gasteiger partial charge in [0, 0.05) is 0 Å². The Bertz CT molecular complexity index is 137. The van der Waals surface area contributed by atoms with Crippen LogP contribution in [0.15, 0.2) is 0 Å². The van der Waals surface area contributed by atoms with Crippen LogP contribution in [-0.2, 0) is 4.74 Å². The summed E-state index contributed by atoms with van der Waals surface area (Å²) >= 11 is 0. The second-order valence-corrected chi connectivity index (χ2v) is 3.33. The summed E-state index contributed by atoms with van der Waals surface area (Å²) < 4.78 is 4.91. The number of ether oxygens (including phenoxy) is 1. The van der Waals surface area contributed by atoms with Crippen LogP contribution in [0.2, 0.25) is 0 Å². The van der Waals surface area contributed by atoms with Crippen molar-refractivity contribution in [3.63, 3.8) is 0 Å². The van der Waals surface area contributed by atoms with Crippen molar-refractivity contribution in [2.75, 3.05) is 6.61 Å². The highest BCUT2D eigenvalue weighted by molar-refractivity contribution is 5.67. The number of nitrogens with one attached hydrogen (secondary N) is 1. The maximum absolute atomic E-state index is 11.0. The number of hydrogen-bond donors (Lipinski definition) is 1. The Morgan fingerprint density at radius 2 is 1.93 bits per heavy atom. The summed E-state index contributed by atoms with van der Waals surface area (Å²) in [4.78, 5) is 11.0. The first-order valence-electron chi connectivity index (χ1n) is 5.56. The normalized spacial score (nSPS) is 9.86. The van der Waals surface area contributed by atoms with Gasteiger partial charge in [-0.25, -0.2) is 4.79 Å². The van der Waals surface area contributed by atoms with Crippen molar-refractivity contribution in [3.8, 4) is 0 Å². The van der Waals surface area contributed by atoms with Gasteiger partial charge in [-0.3, -0.25) is 0 Å². The lowest BCUT2D eigenvalue weighted by atomic mass is 10.2. The number of carbonyl (C=O) groups is 1. The Kier molecular flexibility index (Phi) is 9.81. The van der Waals surface area contributed by atoms with Gasteiger partial charge < -0.3 is 10.1 Å². The lowest BCUT2D eigenvalue weighted by Crippen LogP contribution is -2.22. The maximum atomic E-state index is 11.0. The molecule has 0 aromatic heterocycles. The predicted octanol–water partition coefficient (Wildman–Crippen LogP) is 3.25. The van der Waals surface area contributed by atoms with Crippen LogP contribution in [0.5, 0.6) is 0 Å². The molecule has 1 radical (unpaired) electrons. The molecule has 0 rings (SSSR count). The third-order valence-corrected chi connectivity index (χ3v) is 1.90. The molecule has 0 fully saturated rings. The maximum Gasteiger partial charge on any atom is 0.407 e. The molecule has 14 heavy (non-hydrogen) atoms. The van der Waals surface area contributed by atoms with E-state index in [1.54, 1.807) is 6.54 Å². The van der Waals surface area contributed by atoms with E-state index in [0.717, 1.165) is 25.7 Å². The summed E-state index contributed by atoms with van der Waals surface area (Å²) in [6, 6.07) is 0. The molecule has 1 N–H and O–H groups in total. The van der Waals surface area contributed by atoms with Gasteiger partial charge in [0.25, 0.3) is 0 Å². The number of unbranched alkanes of at least 4 members (excludes halogenated alkanes) is 4. The van der Waals surface area contributed by atoms with E-state index in [4.69, 9.17) is 4.74 Å². The molecule has 0 aromatic rings. The van der Waals surface area contributed by atoms with Crippen molar-refractivity contribution >= 4 is 6.09 Å². The molecule has 0 aliphatic carbocycles. The van der Waals surface area contributed by atoms with Crippen molar-refractivity contribution in [3.05, 3.63) is 6.54 Å². The summed E-state index contributed by atoms with van der Waals surface area (Å²) in [5.41, 5.74) is 0. The van der Waals surface area contributed by atoms with Gasteiger partial charge in [-0.1, -0.05) is 39.5 Å². The average Bonchev–Trinajstić information content (AvgIpc) is 2.18. The van der Waals surface area contributed by atoms with Crippen LogP contribution >= 0.6 is 0 Å². The Hall–Kier alpha value is -0.730. The minimum atomic E-state index is -0.324. The van der Waals surface area contributed by atoms with Crippen LogP contribution in [0.1, 0.15) is 52.4 Å². The highest BCUT2D eigenvalue weighted by atomic mass is 16.5. The van der Waals surface area contributed by atoms with Crippen LogP contribution in [0.4, 0.5) is 4.79 Å². The number of amides is 1. The quantitative estimate of drug-likeness (QED) is 0.611. The second-order valence-electron chi connectivity index (χ2n) is 3.33. The van der Waals surface area contributed by atoms with E-state index in [1.807, 2.05) is 0 Å². The van der Waals surface area contributed by atoms with E-state index in [2.05, 4.69) is 19.2 Å². The predicted molar refractivity (Wildman–Crippen MR) is 57.8 cm³/mol. The van der Waals surface area contributed by atoms with Crippen molar-refractivity contribution in [2.24, 2.45) is 0 Å². The molecule has 0 saturated heterocycles. The topological polar surface area (TPSA) is 38.3 Å².